The number of nitrogens with zero attached hydrogens (tertiary/aromatic N) is 3. The first-order valence-corrected chi connectivity index (χ1v) is 8.91. The number of azo groups is 1. The molecule has 3 N–H and O–H groups in total. The number of carbonyl (C=O) groups is 4. The molecule has 1 amide bonds. The van der Waals surface area contributed by atoms with E-state index in [2.05, 4.69) is 10.2 Å². The number of halogens is 2. The molecule has 12 nitrogen and oxygen atoms in total. The van der Waals surface area contributed by atoms with Crippen LogP contribution < -0.4 is 5.32 Å². The third kappa shape index (κ3) is 4.89. The number of hydrogen-bond donors (Lipinski definition) is 3. The Balaban J connectivity index is 2.67. The molecule has 0 aliphatic carbocycles. The second kappa shape index (κ2) is 9.70. The van der Waals surface area contributed by atoms with Crippen LogP contribution in [-0.2, 0) is 14.4 Å². The lowest BCUT2D eigenvalue weighted by atomic mass is 10.0. The lowest BCUT2D eigenvalue weighted by Crippen LogP contribution is -2.59. The first kappa shape index (κ1) is 24.0. The van der Waals surface area contributed by atoms with Crippen molar-refractivity contribution in [3.63, 3.8) is 0 Å². The second-order valence-corrected chi connectivity index (χ2v) is 6.24. The van der Waals surface area contributed by atoms with Gasteiger partial charge in [-0.3, -0.25) is 19.7 Å². The van der Waals surface area contributed by atoms with Crippen LogP contribution in [0.2, 0.25) is 0 Å². The molecule has 0 unspecified atom stereocenters. The minimum Gasteiger partial charge on any atom is -0.478 e. The molecule has 0 fully saturated rings. The molecule has 0 atom stereocenters. The van der Waals surface area contributed by atoms with Gasteiger partial charge in [-0.2, -0.15) is 5.11 Å². The van der Waals surface area contributed by atoms with Gasteiger partial charge >= 0.3 is 17.6 Å². The highest BCUT2D eigenvalue weighted by molar-refractivity contribution is 6.27. The standard InChI is InChI=1S/C18H12ClFN4O8/c19-8-14(25)21-18(16(27)28,17(29)30)23-22-13-6-5-9(24(31)32)7-11(13)15(26)10-3-1-2-4-12(10)20/h1-7H,8H2,(H,21,25)(H,27,28)(H,29,30). The highest BCUT2D eigenvalue weighted by Crippen LogP contribution is 2.29. The number of carboxylic acid groups (broad SMARTS) is 2. The Morgan fingerprint density at radius 1 is 1.09 bits per heavy atom. The van der Waals surface area contributed by atoms with Gasteiger partial charge in [-0.1, -0.05) is 12.1 Å². The number of alkyl halides is 1. The lowest BCUT2D eigenvalue weighted by molar-refractivity contribution is -0.384. The summed E-state index contributed by atoms with van der Waals surface area (Å²) >= 11 is 5.27. The Labute approximate surface area is 182 Å². The molecule has 0 aromatic heterocycles. The third-order valence-corrected chi connectivity index (χ3v) is 4.17. The predicted molar refractivity (Wildman–Crippen MR) is 104 cm³/mol. The summed E-state index contributed by atoms with van der Waals surface area (Å²) in [4.78, 5) is 57.7. The number of nitro groups is 1. The molecular formula is C18H12ClFN4O8. The van der Waals surface area contributed by atoms with Crippen molar-refractivity contribution >= 4 is 46.6 Å². The van der Waals surface area contributed by atoms with Crippen molar-refractivity contribution in [2.24, 2.45) is 10.2 Å². The highest BCUT2D eigenvalue weighted by Gasteiger charge is 2.49. The van der Waals surface area contributed by atoms with Gasteiger partial charge in [0.05, 0.1) is 21.7 Å². The maximum atomic E-state index is 14.1. The quantitative estimate of drug-likeness (QED) is 0.125. The Bertz CT molecular complexity index is 1140. The SMILES string of the molecule is O=C(CCl)NC(N=Nc1ccc([N+](=O)[O-])cc1C(=O)c1ccccc1F)(C(=O)O)C(=O)O. The molecular weight excluding hydrogens is 455 g/mol. The Hall–Kier alpha value is -4.26. The zero-order chi connectivity index (χ0) is 24.1. The van der Waals surface area contributed by atoms with Crippen molar-refractivity contribution in [3.8, 4) is 0 Å². The number of non-ortho nitro benzene ring substituents is 1. The largest absolute Gasteiger partial charge is 0.478 e. The van der Waals surface area contributed by atoms with Crippen LogP contribution in [-0.4, -0.2) is 50.3 Å². The average Bonchev–Trinajstić information content (AvgIpc) is 2.75. The van der Waals surface area contributed by atoms with Gasteiger partial charge in [-0.25, -0.2) is 14.0 Å². The number of nitro benzene ring substituents is 1. The number of nitrogens with one attached hydrogen (secondary N) is 1. The van der Waals surface area contributed by atoms with E-state index in [0.29, 0.717) is 0 Å². The van der Waals surface area contributed by atoms with E-state index in [9.17, 15) is 43.9 Å². The maximum absolute atomic E-state index is 14.1. The number of hydrogen-bond acceptors (Lipinski definition) is 8. The normalized spacial score (nSPS) is 11.2. The molecule has 0 aliphatic heterocycles. The molecule has 0 bridgehead atoms. The Kier molecular flexibility index (Phi) is 7.28. The van der Waals surface area contributed by atoms with Gasteiger partial charge in [0.1, 0.15) is 11.7 Å². The summed E-state index contributed by atoms with van der Waals surface area (Å²) in [7, 11) is 0. The molecule has 0 radical (unpaired) electrons. The predicted octanol–water partition coefficient (Wildman–Crippen LogP) is 2.27. The molecule has 2 rings (SSSR count). The number of carbonyl (C=O) groups excluding carboxylic acids is 2. The number of ketones is 1. The average molecular weight is 467 g/mol. The summed E-state index contributed by atoms with van der Waals surface area (Å²) in [5.74, 6) is -8.31. The molecule has 14 heteroatoms. The number of aliphatic carboxylic acids is 2. The van der Waals surface area contributed by atoms with Crippen LogP contribution >= 0.6 is 11.6 Å². The minimum absolute atomic E-state index is 0.484. The summed E-state index contributed by atoms with van der Waals surface area (Å²) < 4.78 is 14.1. The van der Waals surface area contributed by atoms with Gasteiger partial charge in [0.15, 0.2) is 5.78 Å². The van der Waals surface area contributed by atoms with Gasteiger partial charge in [0.25, 0.3) is 5.69 Å². The molecule has 0 spiro atoms. The van der Waals surface area contributed by atoms with Crippen molar-refractivity contribution in [2.45, 2.75) is 5.66 Å². The van der Waals surface area contributed by atoms with Crippen LogP contribution in [0.3, 0.4) is 0 Å². The van der Waals surface area contributed by atoms with Gasteiger partial charge in [0, 0.05) is 12.1 Å². The molecule has 2 aromatic carbocycles. The number of rotatable bonds is 9. The van der Waals surface area contributed by atoms with E-state index in [1.165, 1.54) is 12.1 Å². The molecule has 0 saturated heterocycles. The van der Waals surface area contributed by atoms with Crippen molar-refractivity contribution in [2.75, 3.05) is 5.88 Å². The topological polar surface area (TPSA) is 189 Å². The zero-order valence-corrected chi connectivity index (χ0v) is 16.4. The molecule has 0 saturated carbocycles. The van der Waals surface area contributed by atoms with Crippen LogP contribution in [0, 0.1) is 15.9 Å². The van der Waals surface area contributed by atoms with Gasteiger partial charge in [-0.05, 0) is 18.2 Å². The summed E-state index contributed by atoms with van der Waals surface area (Å²) in [6.07, 6.45) is 0. The third-order valence-electron chi connectivity index (χ3n) is 3.92. The number of carboxylic acids is 2. The van der Waals surface area contributed by atoms with Crippen molar-refractivity contribution in [3.05, 3.63) is 69.5 Å². The van der Waals surface area contributed by atoms with Crippen LogP contribution in [0.15, 0.2) is 52.7 Å². The van der Waals surface area contributed by atoms with Crippen LogP contribution in [0.25, 0.3) is 0 Å². The summed E-state index contributed by atoms with van der Waals surface area (Å²) in [5, 5.41) is 37.9. The van der Waals surface area contributed by atoms with Crippen LogP contribution in [0.1, 0.15) is 15.9 Å². The number of benzene rings is 2. The Morgan fingerprint density at radius 3 is 2.25 bits per heavy atom. The van der Waals surface area contributed by atoms with E-state index in [-0.39, 0.29) is 0 Å². The Morgan fingerprint density at radius 2 is 1.72 bits per heavy atom. The number of amides is 1. The van der Waals surface area contributed by atoms with Crippen LogP contribution in [0.4, 0.5) is 15.8 Å². The fourth-order valence-electron chi connectivity index (χ4n) is 2.37. The molecule has 2 aromatic rings. The van der Waals surface area contributed by atoms with E-state index < -0.39 is 68.4 Å². The van der Waals surface area contributed by atoms with Crippen molar-refractivity contribution in [1.29, 1.82) is 0 Å². The maximum Gasteiger partial charge on any atom is 0.366 e. The first-order valence-electron chi connectivity index (χ1n) is 8.37. The molecule has 166 valence electrons. The molecule has 0 aliphatic rings. The molecule has 0 heterocycles. The lowest BCUT2D eigenvalue weighted by Gasteiger charge is -2.20. The fourth-order valence-corrected chi connectivity index (χ4v) is 2.44. The second-order valence-electron chi connectivity index (χ2n) is 5.97. The zero-order valence-electron chi connectivity index (χ0n) is 15.7. The summed E-state index contributed by atoms with van der Waals surface area (Å²) in [5.41, 5.74) is -5.46. The van der Waals surface area contributed by atoms with Gasteiger partial charge < -0.3 is 15.5 Å². The van der Waals surface area contributed by atoms with E-state index in [1.807, 2.05) is 0 Å². The van der Waals surface area contributed by atoms with E-state index in [1.54, 1.807) is 5.32 Å². The van der Waals surface area contributed by atoms with E-state index >= 15 is 0 Å². The van der Waals surface area contributed by atoms with Gasteiger partial charge in [0.2, 0.25) is 5.91 Å². The smallest absolute Gasteiger partial charge is 0.366 e. The fraction of sp³-hybridized carbons (Fsp3) is 0.111. The summed E-state index contributed by atoms with van der Waals surface area (Å²) in [6, 6.07) is 7.19. The monoisotopic (exact) mass is 466 g/mol. The van der Waals surface area contributed by atoms with Crippen molar-refractivity contribution < 1.29 is 38.7 Å². The summed E-state index contributed by atoms with van der Waals surface area (Å²) in [6.45, 7) is 0. The van der Waals surface area contributed by atoms with E-state index in [4.69, 9.17) is 11.6 Å². The minimum atomic E-state index is -3.31. The highest BCUT2D eigenvalue weighted by atomic mass is 35.5. The van der Waals surface area contributed by atoms with Crippen molar-refractivity contribution in [1.82, 2.24) is 5.32 Å². The first-order chi connectivity index (χ1) is 15.0. The van der Waals surface area contributed by atoms with Gasteiger partial charge in [-0.15, -0.1) is 16.7 Å². The van der Waals surface area contributed by atoms with Crippen LogP contribution in [0.5, 0.6) is 0 Å². The van der Waals surface area contributed by atoms with E-state index in [0.717, 1.165) is 30.3 Å². The molecule has 32 heavy (non-hydrogen) atoms.